The minimum atomic E-state index is -0.646. The molecule has 0 radical (unpaired) electrons. The lowest BCUT2D eigenvalue weighted by Gasteiger charge is -2.36. The normalized spacial score (nSPS) is 25.0. The maximum absolute atomic E-state index is 13.8. The zero-order valence-corrected chi connectivity index (χ0v) is 23.3. The monoisotopic (exact) mass is 535 g/mol. The van der Waals surface area contributed by atoms with E-state index in [1.807, 2.05) is 6.07 Å². The Hall–Kier alpha value is -2.70. The Morgan fingerprint density at radius 3 is 1.92 bits per heavy atom. The molecule has 7 heteroatoms. The topological polar surface area (TPSA) is 95.6 Å². The summed E-state index contributed by atoms with van der Waals surface area (Å²) < 4.78 is 0. The van der Waals surface area contributed by atoms with Crippen molar-refractivity contribution < 1.29 is 19.2 Å². The number of piperidine rings is 1. The molecule has 1 aromatic carbocycles. The Bertz CT molecular complexity index is 1050. The van der Waals surface area contributed by atoms with E-state index in [-0.39, 0.29) is 36.7 Å². The number of imide groups is 1. The predicted molar refractivity (Wildman–Crippen MR) is 150 cm³/mol. The molecule has 5 rings (SSSR count). The van der Waals surface area contributed by atoms with E-state index < -0.39 is 11.9 Å². The third-order valence-corrected chi connectivity index (χ3v) is 9.65. The maximum atomic E-state index is 13.8. The Kier molecular flexibility index (Phi) is 9.36. The number of hydrogen-bond acceptors (Lipinski definition) is 4. The number of nitrogens with zero attached hydrogens (tertiary/aromatic N) is 1. The van der Waals surface area contributed by atoms with E-state index in [9.17, 15) is 19.2 Å². The second-order valence-corrected chi connectivity index (χ2v) is 12.3. The standard InChI is InChI=1S/C32H45N3O4/c36-28-19-18-27(31(38)33-28)35-21-25-20-24(16-17-26(25)32(35)39)30(37)34-29(23-14-10-6-3-7-11-15-23)22-12-8-4-1-2-5-9-13-22/h16-17,20,22-23,27,29H,1-15,18-19,21H2,(H,34,37)(H,33,36,38). The van der Waals surface area contributed by atoms with Crippen LogP contribution in [0.2, 0.25) is 0 Å². The van der Waals surface area contributed by atoms with E-state index >= 15 is 0 Å². The number of amides is 4. The highest BCUT2D eigenvalue weighted by molar-refractivity contribution is 6.06. The number of carbonyl (C=O) groups excluding carboxylic acids is 4. The zero-order chi connectivity index (χ0) is 27.2. The molecule has 0 aromatic heterocycles. The van der Waals surface area contributed by atoms with Gasteiger partial charge < -0.3 is 10.2 Å². The van der Waals surface area contributed by atoms with E-state index in [0.717, 1.165) is 5.56 Å². The molecular formula is C32H45N3O4. The van der Waals surface area contributed by atoms with Crippen molar-refractivity contribution in [1.82, 2.24) is 15.5 Å². The van der Waals surface area contributed by atoms with Crippen molar-refractivity contribution in [2.24, 2.45) is 11.8 Å². The summed E-state index contributed by atoms with van der Waals surface area (Å²) >= 11 is 0. The quantitative estimate of drug-likeness (QED) is 0.476. The van der Waals surface area contributed by atoms with Gasteiger partial charge in [0.2, 0.25) is 11.8 Å². The molecule has 4 aliphatic rings. The van der Waals surface area contributed by atoms with Crippen molar-refractivity contribution in [3.63, 3.8) is 0 Å². The summed E-state index contributed by atoms with van der Waals surface area (Å²) in [5.74, 6) is 0.0936. The van der Waals surface area contributed by atoms with Gasteiger partial charge in [-0.3, -0.25) is 24.5 Å². The van der Waals surface area contributed by atoms with Gasteiger partial charge in [0, 0.05) is 30.1 Å². The maximum Gasteiger partial charge on any atom is 0.255 e. The highest BCUT2D eigenvalue weighted by Gasteiger charge is 2.39. The molecule has 2 aliphatic carbocycles. The van der Waals surface area contributed by atoms with Crippen molar-refractivity contribution in [1.29, 1.82) is 0 Å². The summed E-state index contributed by atoms with van der Waals surface area (Å²) in [4.78, 5) is 52.4. The van der Waals surface area contributed by atoms with Gasteiger partial charge in [-0.2, -0.15) is 0 Å². The molecule has 3 fully saturated rings. The number of carbonyl (C=O) groups is 4. The molecule has 0 bridgehead atoms. The van der Waals surface area contributed by atoms with Gasteiger partial charge in [0.15, 0.2) is 0 Å². The fourth-order valence-corrected chi connectivity index (χ4v) is 7.44. The second kappa shape index (κ2) is 13.1. The van der Waals surface area contributed by atoms with Crippen molar-refractivity contribution in [3.05, 3.63) is 34.9 Å². The molecule has 1 aromatic rings. The molecule has 2 heterocycles. The van der Waals surface area contributed by atoms with Gasteiger partial charge in [-0.25, -0.2) is 0 Å². The molecule has 2 atom stereocenters. The Morgan fingerprint density at radius 2 is 1.36 bits per heavy atom. The summed E-state index contributed by atoms with van der Waals surface area (Å²) in [5.41, 5.74) is 1.91. The first-order valence-corrected chi connectivity index (χ1v) is 15.6. The minimum absolute atomic E-state index is 0.0448. The highest BCUT2D eigenvalue weighted by Crippen LogP contribution is 2.34. The van der Waals surface area contributed by atoms with Crippen molar-refractivity contribution in [2.45, 2.75) is 128 Å². The van der Waals surface area contributed by atoms with Crippen LogP contribution in [-0.4, -0.2) is 40.6 Å². The summed E-state index contributed by atoms with van der Waals surface area (Å²) in [5, 5.41) is 5.89. The van der Waals surface area contributed by atoms with Crippen molar-refractivity contribution in [2.75, 3.05) is 0 Å². The van der Waals surface area contributed by atoms with E-state index in [1.165, 1.54) is 96.3 Å². The van der Waals surface area contributed by atoms with Gasteiger partial charge in [0.1, 0.15) is 6.04 Å². The summed E-state index contributed by atoms with van der Waals surface area (Å²) in [6, 6.07) is 4.89. The molecule has 1 saturated heterocycles. The van der Waals surface area contributed by atoms with Crippen LogP contribution >= 0.6 is 0 Å². The lowest BCUT2D eigenvalue weighted by molar-refractivity contribution is -0.136. The predicted octanol–water partition coefficient (Wildman–Crippen LogP) is 5.66. The van der Waals surface area contributed by atoms with Gasteiger partial charge in [0.05, 0.1) is 0 Å². The molecule has 0 spiro atoms. The highest BCUT2D eigenvalue weighted by atomic mass is 16.2. The van der Waals surface area contributed by atoms with E-state index in [4.69, 9.17) is 0 Å². The van der Waals surface area contributed by atoms with Crippen molar-refractivity contribution >= 4 is 23.6 Å². The Morgan fingerprint density at radius 1 is 0.795 bits per heavy atom. The van der Waals surface area contributed by atoms with Gasteiger partial charge in [-0.05, 0) is 67.7 Å². The van der Waals surface area contributed by atoms with Crippen LogP contribution < -0.4 is 10.6 Å². The van der Waals surface area contributed by atoms with Gasteiger partial charge in [-0.15, -0.1) is 0 Å². The zero-order valence-electron chi connectivity index (χ0n) is 23.3. The lowest BCUT2D eigenvalue weighted by atomic mass is 9.76. The Labute approximate surface area is 232 Å². The number of rotatable bonds is 5. The van der Waals surface area contributed by atoms with Crippen LogP contribution in [-0.2, 0) is 16.1 Å². The lowest BCUT2D eigenvalue weighted by Crippen LogP contribution is -2.52. The molecule has 2 unspecified atom stereocenters. The number of benzene rings is 1. The largest absolute Gasteiger partial charge is 0.349 e. The number of hydrogen-bond donors (Lipinski definition) is 2. The molecule has 39 heavy (non-hydrogen) atoms. The third-order valence-electron chi connectivity index (χ3n) is 9.65. The number of fused-ring (bicyclic) bond motifs is 1. The fourth-order valence-electron chi connectivity index (χ4n) is 7.44. The van der Waals surface area contributed by atoms with Gasteiger partial charge >= 0.3 is 0 Å². The molecule has 212 valence electrons. The molecule has 2 saturated carbocycles. The molecular weight excluding hydrogens is 490 g/mol. The molecule has 2 aliphatic heterocycles. The second-order valence-electron chi connectivity index (χ2n) is 12.3. The van der Waals surface area contributed by atoms with E-state index in [0.29, 0.717) is 29.4 Å². The van der Waals surface area contributed by atoms with Gasteiger partial charge in [-0.1, -0.05) is 70.6 Å². The van der Waals surface area contributed by atoms with Gasteiger partial charge in [0.25, 0.3) is 11.8 Å². The van der Waals surface area contributed by atoms with E-state index in [1.54, 1.807) is 17.0 Å². The molecule has 4 amide bonds. The summed E-state index contributed by atoms with van der Waals surface area (Å²) in [7, 11) is 0. The average molecular weight is 536 g/mol. The first-order chi connectivity index (χ1) is 19.0. The van der Waals surface area contributed by atoms with Crippen LogP contribution in [0, 0.1) is 11.8 Å². The first kappa shape index (κ1) is 27.9. The molecule has 7 nitrogen and oxygen atoms in total. The van der Waals surface area contributed by atoms with Crippen molar-refractivity contribution in [3.8, 4) is 0 Å². The van der Waals surface area contributed by atoms with E-state index in [2.05, 4.69) is 10.6 Å². The first-order valence-electron chi connectivity index (χ1n) is 15.6. The van der Waals surface area contributed by atoms with Crippen LogP contribution in [0.15, 0.2) is 18.2 Å². The average Bonchev–Trinajstić information content (AvgIpc) is 3.29. The summed E-state index contributed by atoms with van der Waals surface area (Å²) in [6.45, 7) is 0.288. The minimum Gasteiger partial charge on any atom is -0.349 e. The Balaban J connectivity index is 1.32. The molecule has 2 N–H and O–H groups in total. The third kappa shape index (κ3) is 6.72. The fraction of sp³-hybridized carbons (Fsp3) is 0.688. The number of nitrogens with one attached hydrogen (secondary N) is 2. The van der Waals surface area contributed by atoms with Crippen LogP contribution in [0.4, 0.5) is 0 Å². The SMILES string of the molecule is O=C1CCC(N2Cc3cc(C(=O)NC(C4CCCCCCCC4)C4CCCCCCC4)ccc3C2=O)C(=O)N1. The van der Waals surface area contributed by atoms with Crippen LogP contribution in [0.25, 0.3) is 0 Å². The van der Waals surface area contributed by atoms with Crippen LogP contribution in [0.1, 0.15) is 135 Å². The van der Waals surface area contributed by atoms with Crippen LogP contribution in [0.5, 0.6) is 0 Å². The van der Waals surface area contributed by atoms with Crippen LogP contribution in [0.3, 0.4) is 0 Å². The summed E-state index contributed by atoms with van der Waals surface area (Å²) in [6.07, 6.45) is 19.5. The smallest absolute Gasteiger partial charge is 0.255 e.